The maximum atomic E-state index is 13.0. The van der Waals surface area contributed by atoms with Crippen LogP contribution in [0.2, 0.25) is 0 Å². The number of para-hydroxylation sites is 2. The van der Waals surface area contributed by atoms with Gasteiger partial charge >= 0.3 is 0 Å². The third-order valence-electron chi connectivity index (χ3n) is 5.73. The van der Waals surface area contributed by atoms with Crippen LogP contribution in [0.15, 0.2) is 103 Å². The number of hydrogen-bond acceptors (Lipinski definition) is 4. The molecular weight excluding hydrogens is 422 g/mol. The topological polar surface area (TPSA) is 77.2 Å². The highest BCUT2D eigenvalue weighted by atomic mass is 16.5. The molecule has 0 saturated heterocycles. The summed E-state index contributed by atoms with van der Waals surface area (Å²) in [7, 11) is 0. The average molecular weight is 446 g/mol. The van der Waals surface area contributed by atoms with Crippen molar-refractivity contribution in [1.29, 1.82) is 0 Å². The van der Waals surface area contributed by atoms with Crippen molar-refractivity contribution in [2.45, 2.75) is 6.92 Å². The maximum absolute atomic E-state index is 13.0. The van der Waals surface area contributed by atoms with E-state index in [4.69, 9.17) is 10.5 Å². The summed E-state index contributed by atoms with van der Waals surface area (Å²) in [6.45, 7) is 2.08. The molecular formula is C29H23N3O2. The summed E-state index contributed by atoms with van der Waals surface area (Å²) >= 11 is 0. The quantitative estimate of drug-likeness (QED) is 0.311. The number of pyridine rings is 1. The maximum Gasteiger partial charge on any atom is 0.255 e. The molecule has 0 radical (unpaired) electrons. The lowest BCUT2D eigenvalue weighted by Gasteiger charge is -2.13. The molecule has 0 saturated carbocycles. The van der Waals surface area contributed by atoms with Crippen molar-refractivity contribution in [3.05, 3.63) is 114 Å². The number of nitrogens with two attached hydrogens (primary N) is 1. The van der Waals surface area contributed by atoms with Crippen LogP contribution < -0.4 is 15.8 Å². The average Bonchev–Trinajstić information content (AvgIpc) is 2.86. The largest absolute Gasteiger partial charge is 0.455 e. The van der Waals surface area contributed by atoms with Gasteiger partial charge in [-0.3, -0.25) is 4.79 Å². The van der Waals surface area contributed by atoms with Gasteiger partial charge in [0.1, 0.15) is 11.6 Å². The molecule has 5 nitrogen and oxygen atoms in total. The number of carbonyl (C=O) groups excluding carboxylic acids is 1. The Kier molecular flexibility index (Phi) is 5.67. The number of aromatic nitrogens is 1. The monoisotopic (exact) mass is 445 g/mol. The third kappa shape index (κ3) is 4.32. The number of carbonyl (C=O) groups is 1. The molecule has 5 aromatic rings. The Hall–Kier alpha value is -4.64. The van der Waals surface area contributed by atoms with Gasteiger partial charge < -0.3 is 15.8 Å². The summed E-state index contributed by atoms with van der Waals surface area (Å²) < 4.78 is 6.10. The van der Waals surface area contributed by atoms with Gasteiger partial charge in [0, 0.05) is 17.1 Å². The zero-order valence-corrected chi connectivity index (χ0v) is 18.7. The van der Waals surface area contributed by atoms with Crippen molar-refractivity contribution in [3.8, 4) is 22.6 Å². The fourth-order valence-corrected chi connectivity index (χ4v) is 3.91. The molecule has 1 aromatic heterocycles. The molecule has 1 heterocycles. The molecule has 166 valence electrons. The van der Waals surface area contributed by atoms with Crippen LogP contribution >= 0.6 is 0 Å². The molecule has 0 atom stereocenters. The highest BCUT2D eigenvalue weighted by Crippen LogP contribution is 2.32. The van der Waals surface area contributed by atoms with Gasteiger partial charge in [-0.15, -0.1) is 0 Å². The predicted molar refractivity (Wildman–Crippen MR) is 137 cm³/mol. The first-order valence-corrected chi connectivity index (χ1v) is 11.0. The van der Waals surface area contributed by atoms with Gasteiger partial charge in [0.15, 0.2) is 5.75 Å². The van der Waals surface area contributed by atoms with Crippen molar-refractivity contribution in [2.24, 2.45) is 0 Å². The molecule has 0 fully saturated rings. The fourth-order valence-electron chi connectivity index (χ4n) is 3.91. The summed E-state index contributed by atoms with van der Waals surface area (Å²) in [6, 6.07) is 30.7. The molecule has 0 spiro atoms. The number of aryl methyl sites for hydroxylation is 1. The van der Waals surface area contributed by atoms with Crippen molar-refractivity contribution >= 4 is 28.2 Å². The Bertz CT molecular complexity index is 1490. The van der Waals surface area contributed by atoms with E-state index in [0.717, 1.165) is 21.9 Å². The lowest BCUT2D eigenvalue weighted by Crippen LogP contribution is -2.12. The van der Waals surface area contributed by atoms with E-state index in [9.17, 15) is 4.79 Å². The first-order valence-electron chi connectivity index (χ1n) is 11.0. The first-order chi connectivity index (χ1) is 16.6. The summed E-state index contributed by atoms with van der Waals surface area (Å²) in [4.78, 5) is 17.1. The Morgan fingerprint density at radius 2 is 1.65 bits per heavy atom. The van der Waals surface area contributed by atoms with Gasteiger partial charge in [0.2, 0.25) is 0 Å². The molecule has 0 aliphatic heterocycles. The number of nitrogens with zero attached hydrogens (tertiary/aromatic N) is 1. The minimum Gasteiger partial charge on any atom is -0.455 e. The molecule has 34 heavy (non-hydrogen) atoms. The number of hydrogen-bond donors (Lipinski definition) is 2. The Balaban J connectivity index is 1.36. The molecule has 0 aliphatic rings. The van der Waals surface area contributed by atoms with Gasteiger partial charge in [0.05, 0.1) is 5.69 Å². The Morgan fingerprint density at radius 1 is 0.882 bits per heavy atom. The number of fused-ring (bicyclic) bond motifs is 1. The summed E-state index contributed by atoms with van der Waals surface area (Å²) in [6.07, 6.45) is 1.68. The standard InChI is InChI=1S/C29H23N3O2/c1-19-6-2-3-7-24(19)20-10-12-22(13-11-20)29(33)32-26-8-4-5-9-27(26)34-23-15-14-21-16-17-31-28(30)25(21)18-23/h2-18H,1H3,(H2,30,31)(H,32,33). The summed E-state index contributed by atoms with van der Waals surface area (Å²) in [5.41, 5.74) is 10.6. The second-order valence-corrected chi connectivity index (χ2v) is 8.02. The minimum atomic E-state index is -0.209. The second-order valence-electron chi connectivity index (χ2n) is 8.02. The van der Waals surface area contributed by atoms with Crippen LogP contribution in [0.3, 0.4) is 0 Å². The number of nitrogen functional groups attached to an aromatic ring is 1. The molecule has 4 aromatic carbocycles. The van der Waals surface area contributed by atoms with Crippen LogP contribution in [-0.4, -0.2) is 10.9 Å². The van der Waals surface area contributed by atoms with E-state index >= 15 is 0 Å². The molecule has 3 N–H and O–H groups in total. The normalized spacial score (nSPS) is 10.7. The number of benzene rings is 4. The minimum absolute atomic E-state index is 0.209. The first kappa shape index (κ1) is 21.2. The molecule has 1 amide bonds. The fraction of sp³-hybridized carbons (Fsp3) is 0.0345. The van der Waals surface area contributed by atoms with Crippen LogP contribution in [0, 0.1) is 6.92 Å². The van der Waals surface area contributed by atoms with E-state index in [1.54, 1.807) is 6.20 Å². The van der Waals surface area contributed by atoms with E-state index in [2.05, 4.69) is 29.4 Å². The van der Waals surface area contributed by atoms with Gasteiger partial charge in [-0.1, -0.05) is 54.6 Å². The molecule has 0 aliphatic carbocycles. The summed E-state index contributed by atoms with van der Waals surface area (Å²) in [5.74, 6) is 1.38. The number of rotatable bonds is 5. The van der Waals surface area contributed by atoms with E-state index in [1.807, 2.05) is 84.9 Å². The highest BCUT2D eigenvalue weighted by molar-refractivity contribution is 6.05. The van der Waals surface area contributed by atoms with Crippen LogP contribution in [0.5, 0.6) is 11.5 Å². The van der Waals surface area contributed by atoms with Crippen molar-refractivity contribution in [1.82, 2.24) is 4.98 Å². The zero-order valence-electron chi connectivity index (χ0n) is 18.7. The molecule has 0 bridgehead atoms. The predicted octanol–water partition coefficient (Wildman–Crippen LogP) is 6.84. The smallest absolute Gasteiger partial charge is 0.255 e. The molecule has 0 unspecified atom stereocenters. The molecule has 5 heteroatoms. The zero-order chi connectivity index (χ0) is 23.5. The van der Waals surface area contributed by atoms with Crippen LogP contribution in [-0.2, 0) is 0 Å². The lowest BCUT2D eigenvalue weighted by atomic mass is 9.99. The number of nitrogens with one attached hydrogen (secondary N) is 1. The number of amides is 1. The third-order valence-corrected chi connectivity index (χ3v) is 5.73. The highest BCUT2D eigenvalue weighted by Gasteiger charge is 2.12. The van der Waals surface area contributed by atoms with Gasteiger partial charge in [0.25, 0.3) is 5.91 Å². The second kappa shape index (κ2) is 9.08. The van der Waals surface area contributed by atoms with Crippen LogP contribution in [0.1, 0.15) is 15.9 Å². The number of ether oxygens (including phenoxy) is 1. The van der Waals surface area contributed by atoms with Crippen molar-refractivity contribution in [2.75, 3.05) is 11.1 Å². The van der Waals surface area contributed by atoms with Gasteiger partial charge in [-0.25, -0.2) is 4.98 Å². The lowest BCUT2D eigenvalue weighted by molar-refractivity contribution is 0.102. The van der Waals surface area contributed by atoms with Crippen molar-refractivity contribution in [3.63, 3.8) is 0 Å². The number of anilines is 2. The summed E-state index contributed by atoms with van der Waals surface area (Å²) in [5, 5.41) is 4.76. The Labute approximate surface area is 197 Å². The SMILES string of the molecule is Cc1ccccc1-c1ccc(C(=O)Nc2ccccc2Oc2ccc3ccnc(N)c3c2)cc1. The van der Waals surface area contributed by atoms with Crippen LogP contribution in [0.25, 0.3) is 21.9 Å². The van der Waals surface area contributed by atoms with E-state index in [0.29, 0.717) is 28.6 Å². The van der Waals surface area contributed by atoms with Crippen LogP contribution in [0.4, 0.5) is 11.5 Å². The van der Waals surface area contributed by atoms with E-state index in [1.165, 1.54) is 5.56 Å². The van der Waals surface area contributed by atoms with Gasteiger partial charge in [-0.2, -0.15) is 0 Å². The van der Waals surface area contributed by atoms with E-state index in [-0.39, 0.29) is 5.91 Å². The van der Waals surface area contributed by atoms with Crippen molar-refractivity contribution < 1.29 is 9.53 Å². The van der Waals surface area contributed by atoms with Gasteiger partial charge in [-0.05, 0) is 71.5 Å². The van der Waals surface area contributed by atoms with E-state index < -0.39 is 0 Å². The molecule has 5 rings (SSSR count). The Morgan fingerprint density at radius 3 is 2.47 bits per heavy atom.